The molecule has 6 rings (SSSR count). The smallest absolute Gasteiger partial charge is 0.283 e. The van der Waals surface area contributed by atoms with Crippen molar-refractivity contribution in [2.45, 2.75) is 37.4 Å². The largest absolute Gasteiger partial charge is 0.492 e. The van der Waals surface area contributed by atoms with Crippen LogP contribution >= 0.6 is 11.3 Å². The quantitative estimate of drug-likeness (QED) is 0.192. The highest BCUT2D eigenvalue weighted by Crippen LogP contribution is 2.33. The van der Waals surface area contributed by atoms with Crippen LogP contribution in [0.25, 0.3) is 10.4 Å². The van der Waals surface area contributed by atoms with Crippen molar-refractivity contribution in [2.24, 2.45) is 0 Å². The van der Waals surface area contributed by atoms with E-state index in [4.69, 9.17) is 9.47 Å². The summed E-state index contributed by atoms with van der Waals surface area (Å²) in [4.78, 5) is 1.06. The number of hydrogen-bond donors (Lipinski definition) is 2. The van der Waals surface area contributed by atoms with Crippen molar-refractivity contribution in [2.75, 3.05) is 13.2 Å². The summed E-state index contributed by atoms with van der Waals surface area (Å²) in [6.07, 6.45) is -2.99. The molecule has 0 aliphatic carbocycles. The molecule has 2 heterocycles. The average molecular weight is 657 g/mol. The third kappa shape index (κ3) is 7.33. The van der Waals surface area contributed by atoms with E-state index in [1.165, 1.54) is 8.61 Å². The summed E-state index contributed by atoms with van der Waals surface area (Å²) in [5.74, 6) is 1.05. The summed E-state index contributed by atoms with van der Waals surface area (Å²) in [6.45, 7) is -0.445. The molecule has 1 saturated heterocycles. The lowest BCUT2D eigenvalue weighted by molar-refractivity contribution is -0.0565. The van der Waals surface area contributed by atoms with Gasteiger partial charge in [-0.3, -0.25) is 0 Å². The van der Waals surface area contributed by atoms with Gasteiger partial charge in [-0.1, -0.05) is 91.0 Å². The highest BCUT2D eigenvalue weighted by molar-refractivity contribution is 7.86. The van der Waals surface area contributed by atoms with Gasteiger partial charge in [-0.15, -0.1) is 11.3 Å². The summed E-state index contributed by atoms with van der Waals surface area (Å²) >= 11 is 1.60. The summed E-state index contributed by atoms with van der Waals surface area (Å²) in [6, 6.07) is 36.7. The van der Waals surface area contributed by atoms with E-state index in [1.807, 2.05) is 109 Å². The number of benzene rings is 4. The number of para-hydroxylation sites is 2. The minimum atomic E-state index is -4.35. The summed E-state index contributed by atoms with van der Waals surface area (Å²) < 4.78 is 44.4. The van der Waals surface area contributed by atoms with E-state index in [-0.39, 0.29) is 26.3 Å². The number of rotatable bonds is 11. The number of nitrogens with zero attached hydrogens (tertiary/aromatic N) is 2. The van der Waals surface area contributed by atoms with Gasteiger partial charge in [-0.2, -0.15) is 17.0 Å². The molecular weight excluding hydrogens is 621 g/mol. The molecule has 2 N–H and O–H groups in total. The van der Waals surface area contributed by atoms with Crippen LogP contribution in [0, 0.1) is 0 Å². The first-order valence-corrected chi connectivity index (χ1v) is 17.3. The van der Waals surface area contributed by atoms with Crippen molar-refractivity contribution in [3.8, 4) is 21.9 Å². The van der Waals surface area contributed by atoms with Gasteiger partial charge in [0.15, 0.2) is 0 Å². The minimum absolute atomic E-state index is 0.0340. The standard InChI is InChI=1S/C36H36N2O6S2/c39-35-32(25-43-30-16-6-2-7-17-30)37(23-27-12-4-1-5-13-27)46(41,42)38(33(36(35)40)26-44-31-18-8-3-9-19-31)24-28-14-10-15-29(22-28)34-20-11-21-45-34/h1-22,32-33,35-36,39-40H,23-26H2/t32-,33-,35+,36+/m1/s1. The number of thiophene rings is 1. The molecule has 0 bridgehead atoms. The van der Waals surface area contributed by atoms with Gasteiger partial charge in [0.2, 0.25) is 0 Å². The topological polar surface area (TPSA) is 99.5 Å². The molecule has 10 heteroatoms. The molecule has 4 aromatic carbocycles. The van der Waals surface area contributed by atoms with Crippen LogP contribution in [0.1, 0.15) is 11.1 Å². The highest BCUT2D eigenvalue weighted by Gasteiger charge is 2.51. The average Bonchev–Trinajstić information content (AvgIpc) is 3.63. The van der Waals surface area contributed by atoms with Gasteiger partial charge in [0.05, 0.1) is 12.1 Å². The first kappa shape index (κ1) is 31.9. The molecule has 8 nitrogen and oxygen atoms in total. The van der Waals surface area contributed by atoms with Gasteiger partial charge in [0.1, 0.15) is 36.9 Å². The summed E-state index contributed by atoms with van der Waals surface area (Å²) in [5, 5.41) is 25.6. The van der Waals surface area contributed by atoms with E-state index in [0.717, 1.165) is 21.6 Å². The van der Waals surface area contributed by atoms with Crippen molar-refractivity contribution < 1.29 is 28.1 Å². The third-order valence-electron chi connectivity index (χ3n) is 8.05. The van der Waals surface area contributed by atoms with Crippen LogP contribution in [0.15, 0.2) is 133 Å². The summed E-state index contributed by atoms with van der Waals surface area (Å²) in [5.41, 5.74) is 2.43. The Kier molecular flexibility index (Phi) is 10.1. The first-order chi connectivity index (χ1) is 22.4. The van der Waals surface area contributed by atoms with Gasteiger partial charge in [-0.05, 0) is 58.5 Å². The second kappa shape index (κ2) is 14.6. The molecule has 1 aromatic heterocycles. The predicted octanol–water partition coefficient (Wildman–Crippen LogP) is 5.59. The lowest BCUT2D eigenvalue weighted by atomic mass is 9.99. The molecule has 1 aliphatic rings. The molecule has 238 valence electrons. The Balaban J connectivity index is 1.41. The van der Waals surface area contributed by atoms with E-state index in [1.54, 1.807) is 35.6 Å². The Bertz CT molecular complexity index is 1770. The van der Waals surface area contributed by atoms with Gasteiger partial charge >= 0.3 is 0 Å². The summed E-state index contributed by atoms with van der Waals surface area (Å²) in [7, 11) is -4.35. The first-order valence-electron chi connectivity index (χ1n) is 15.1. The van der Waals surface area contributed by atoms with Crippen LogP contribution in [0.3, 0.4) is 0 Å². The Hall–Kier alpha value is -4.03. The molecule has 1 aliphatic heterocycles. The molecular formula is C36H36N2O6S2. The zero-order chi connectivity index (χ0) is 31.9. The van der Waals surface area contributed by atoms with E-state index in [2.05, 4.69) is 0 Å². The minimum Gasteiger partial charge on any atom is -0.492 e. The van der Waals surface area contributed by atoms with Crippen molar-refractivity contribution in [3.63, 3.8) is 0 Å². The maximum atomic E-state index is 14.9. The Labute approximate surface area is 273 Å². The Morgan fingerprint density at radius 1 is 0.609 bits per heavy atom. The van der Waals surface area contributed by atoms with Crippen molar-refractivity contribution in [1.29, 1.82) is 0 Å². The maximum Gasteiger partial charge on any atom is 0.283 e. The molecule has 5 aromatic rings. The fourth-order valence-corrected chi connectivity index (χ4v) is 8.31. The zero-order valence-corrected chi connectivity index (χ0v) is 26.7. The number of ether oxygens (including phenoxy) is 2. The molecule has 46 heavy (non-hydrogen) atoms. The van der Waals surface area contributed by atoms with E-state index >= 15 is 0 Å². The number of aliphatic hydroxyl groups excluding tert-OH is 2. The van der Waals surface area contributed by atoms with Gasteiger partial charge in [0.25, 0.3) is 10.2 Å². The monoisotopic (exact) mass is 656 g/mol. The lowest BCUT2D eigenvalue weighted by Gasteiger charge is -2.34. The van der Waals surface area contributed by atoms with E-state index in [9.17, 15) is 18.6 Å². The van der Waals surface area contributed by atoms with Crippen LogP contribution < -0.4 is 9.47 Å². The molecule has 0 amide bonds. The van der Waals surface area contributed by atoms with Crippen LogP contribution in [0.5, 0.6) is 11.5 Å². The molecule has 4 atom stereocenters. The third-order valence-corrected chi connectivity index (χ3v) is 11.0. The normalized spacial score (nSPS) is 21.8. The molecule has 0 radical (unpaired) electrons. The van der Waals surface area contributed by atoms with Crippen LogP contribution in [-0.4, -0.2) is 64.7 Å². The highest BCUT2D eigenvalue weighted by atomic mass is 32.2. The van der Waals surface area contributed by atoms with Crippen molar-refractivity contribution in [3.05, 3.63) is 144 Å². The predicted molar refractivity (Wildman–Crippen MR) is 180 cm³/mol. The Morgan fingerprint density at radius 2 is 1.11 bits per heavy atom. The van der Waals surface area contributed by atoms with Gasteiger partial charge in [-0.25, -0.2) is 0 Å². The lowest BCUT2D eigenvalue weighted by Crippen LogP contribution is -2.52. The number of hydrogen-bond acceptors (Lipinski definition) is 7. The second-order valence-corrected chi connectivity index (χ2v) is 13.9. The Morgan fingerprint density at radius 3 is 1.63 bits per heavy atom. The van der Waals surface area contributed by atoms with Crippen LogP contribution in [0.2, 0.25) is 0 Å². The van der Waals surface area contributed by atoms with Crippen LogP contribution in [0.4, 0.5) is 0 Å². The zero-order valence-electron chi connectivity index (χ0n) is 25.1. The molecule has 0 spiro atoms. The van der Waals surface area contributed by atoms with E-state index < -0.39 is 34.5 Å². The molecule has 1 fully saturated rings. The van der Waals surface area contributed by atoms with E-state index in [0.29, 0.717) is 11.5 Å². The maximum absolute atomic E-state index is 14.9. The number of aliphatic hydroxyl groups is 2. The molecule has 0 saturated carbocycles. The molecule has 0 unspecified atom stereocenters. The van der Waals surface area contributed by atoms with Crippen LogP contribution in [-0.2, 0) is 23.3 Å². The van der Waals surface area contributed by atoms with Gasteiger partial charge < -0.3 is 19.7 Å². The fraction of sp³-hybridized carbons (Fsp3) is 0.222. The second-order valence-electron chi connectivity index (χ2n) is 11.1. The van der Waals surface area contributed by atoms with Crippen molar-refractivity contribution >= 4 is 21.5 Å². The fourth-order valence-electron chi connectivity index (χ4n) is 5.64. The van der Waals surface area contributed by atoms with Gasteiger partial charge in [0, 0.05) is 18.0 Å². The van der Waals surface area contributed by atoms with Crippen molar-refractivity contribution in [1.82, 2.24) is 8.61 Å². The SMILES string of the molecule is O=S1(=O)N(Cc2ccccc2)[C@H](COc2ccccc2)[C@H](O)[C@@H](O)[C@@H](COc2ccccc2)N1Cc1cccc(-c2cccs2)c1.